The number of aromatic nitrogens is 6. The van der Waals surface area contributed by atoms with Crippen LogP contribution in [0.1, 0.15) is 5.56 Å². The van der Waals surface area contributed by atoms with Gasteiger partial charge in [-0.05, 0) is 42.8 Å². The van der Waals surface area contributed by atoms with Crippen molar-refractivity contribution in [3.8, 4) is 28.3 Å². The smallest absolute Gasteiger partial charge is 0.412 e. The van der Waals surface area contributed by atoms with Crippen molar-refractivity contribution in [2.75, 3.05) is 12.4 Å². The van der Waals surface area contributed by atoms with Crippen molar-refractivity contribution < 1.29 is 18.3 Å². The third-order valence-electron chi connectivity index (χ3n) is 5.22. The normalized spacial score (nSPS) is 11.1. The minimum absolute atomic E-state index is 0.341. The third kappa shape index (κ3) is 3.72. The largest absolute Gasteiger partial charge is 0.453 e. The first kappa shape index (κ1) is 21.2. The van der Waals surface area contributed by atoms with Crippen LogP contribution >= 0.6 is 0 Å². The lowest BCUT2D eigenvalue weighted by Gasteiger charge is -2.10. The van der Waals surface area contributed by atoms with Crippen LogP contribution in [0.3, 0.4) is 0 Å². The van der Waals surface area contributed by atoms with E-state index in [0.717, 1.165) is 34.6 Å². The molecule has 0 bridgehead atoms. The van der Waals surface area contributed by atoms with E-state index in [2.05, 4.69) is 30.1 Å². The van der Waals surface area contributed by atoms with Crippen LogP contribution in [0.15, 0.2) is 61.3 Å². The van der Waals surface area contributed by atoms with Crippen LogP contribution in [0.25, 0.3) is 34.0 Å². The molecule has 1 aromatic carbocycles. The number of hydrogen-bond donors (Lipinski definition) is 1. The number of hydrogen-bond acceptors (Lipinski definition) is 6. The maximum atomic E-state index is 13.8. The molecule has 0 spiro atoms. The Labute approximate surface area is 191 Å². The SMILES string of the molecule is COC(=O)Nc1ccc(-c2cnc3c(C)cc(-c4ncnn4-c4ccc(F)c(F)c4)cn23)cn1. The molecule has 1 N–H and O–H groups in total. The first-order chi connectivity index (χ1) is 16.4. The molecule has 5 rings (SSSR count). The molecule has 0 unspecified atom stereocenters. The van der Waals surface area contributed by atoms with Gasteiger partial charge in [0.25, 0.3) is 0 Å². The molecule has 1 amide bonds. The predicted molar refractivity (Wildman–Crippen MR) is 119 cm³/mol. The molecule has 34 heavy (non-hydrogen) atoms. The number of nitrogens with one attached hydrogen (secondary N) is 1. The van der Waals surface area contributed by atoms with Gasteiger partial charge >= 0.3 is 6.09 Å². The number of amides is 1. The average Bonchev–Trinajstić information content (AvgIpc) is 3.49. The topological polar surface area (TPSA) is 99.2 Å². The number of nitrogens with zero attached hydrogens (tertiary/aromatic N) is 6. The van der Waals surface area contributed by atoms with Gasteiger partial charge in [0.05, 0.1) is 24.7 Å². The zero-order valence-corrected chi connectivity index (χ0v) is 18.0. The van der Waals surface area contributed by atoms with Gasteiger partial charge in [0, 0.05) is 29.6 Å². The van der Waals surface area contributed by atoms with Crippen molar-refractivity contribution in [3.05, 3.63) is 78.5 Å². The molecule has 0 aliphatic rings. The molecular weight excluding hydrogens is 444 g/mol. The van der Waals surface area contributed by atoms with Crippen LogP contribution < -0.4 is 5.32 Å². The van der Waals surface area contributed by atoms with E-state index in [-0.39, 0.29) is 0 Å². The Morgan fingerprint density at radius 2 is 1.85 bits per heavy atom. The minimum atomic E-state index is -0.972. The Bertz CT molecular complexity index is 1530. The molecule has 4 heterocycles. The number of fused-ring (bicyclic) bond motifs is 1. The molecule has 0 atom stereocenters. The molecule has 170 valence electrons. The molecule has 0 aliphatic heterocycles. The zero-order chi connectivity index (χ0) is 23.8. The maximum absolute atomic E-state index is 13.8. The lowest BCUT2D eigenvalue weighted by molar-refractivity contribution is 0.187. The van der Waals surface area contributed by atoms with Gasteiger partial charge < -0.3 is 4.74 Å². The van der Waals surface area contributed by atoms with Crippen LogP contribution in [0.5, 0.6) is 0 Å². The van der Waals surface area contributed by atoms with Crippen molar-refractivity contribution >= 4 is 17.6 Å². The number of anilines is 1. The van der Waals surface area contributed by atoms with E-state index in [1.807, 2.05) is 23.6 Å². The van der Waals surface area contributed by atoms with Gasteiger partial charge in [0.1, 0.15) is 17.8 Å². The second-order valence-corrected chi connectivity index (χ2v) is 7.39. The quantitative estimate of drug-likeness (QED) is 0.426. The van der Waals surface area contributed by atoms with Crippen LogP contribution in [0.2, 0.25) is 0 Å². The standard InChI is InChI=1S/C23H17F2N7O2/c1-13-7-15(22-28-12-29-32(22)16-4-5-17(24)18(25)8-16)11-31-19(10-27-21(13)31)14-3-6-20(26-9-14)30-23(33)34-2/h3-12H,1-2H3,(H,26,30,33). The molecule has 0 saturated carbocycles. The fourth-order valence-corrected chi connectivity index (χ4v) is 3.61. The lowest BCUT2D eigenvalue weighted by Crippen LogP contribution is -2.11. The summed E-state index contributed by atoms with van der Waals surface area (Å²) in [5.74, 6) is -1.11. The summed E-state index contributed by atoms with van der Waals surface area (Å²) in [5, 5.41) is 6.69. The van der Waals surface area contributed by atoms with E-state index < -0.39 is 17.7 Å². The van der Waals surface area contributed by atoms with E-state index >= 15 is 0 Å². The lowest BCUT2D eigenvalue weighted by atomic mass is 10.1. The molecule has 0 fully saturated rings. The van der Waals surface area contributed by atoms with Gasteiger partial charge in [-0.3, -0.25) is 9.72 Å². The number of halogens is 2. The van der Waals surface area contributed by atoms with E-state index in [1.54, 1.807) is 24.5 Å². The van der Waals surface area contributed by atoms with Gasteiger partial charge in [-0.1, -0.05) is 0 Å². The number of carbonyl (C=O) groups excluding carboxylic acids is 1. The monoisotopic (exact) mass is 461 g/mol. The summed E-state index contributed by atoms with van der Waals surface area (Å²) in [4.78, 5) is 24.5. The van der Waals surface area contributed by atoms with Crippen molar-refractivity contribution in [2.45, 2.75) is 6.92 Å². The Hall–Kier alpha value is -4.67. The van der Waals surface area contributed by atoms with Gasteiger partial charge in [-0.25, -0.2) is 33.2 Å². The average molecular weight is 461 g/mol. The van der Waals surface area contributed by atoms with E-state index in [4.69, 9.17) is 0 Å². The maximum Gasteiger partial charge on any atom is 0.412 e. The Morgan fingerprint density at radius 3 is 2.59 bits per heavy atom. The second-order valence-electron chi connectivity index (χ2n) is 7.39. The van der Waals surface area contributed by atoms with Gasteiger partial charge in [-0.15, -0.1) is 0 Å². The van der Waals surface area contributed by atoms with Crippen LogP contribution in [-0.4, -0.2) is 42.3 Å². The highest BCUT2D eigenvalue weighted by molar-refractivity contribution is 5.83. The fourth-order valence-electron chi connectivity index (χ4n) is 3.61. The summed E-state index contributed by atoms with van der Waals surface area (Å²) < 4.78 is 35.1. The Kier molecular flexibility index (Phi) is 5.21. The number of methoxy groups -OCH3 is 1. The molecule has 0 saturated heterocycles. The summed E-state index contributed by atoms with van der Waals surface area (Å²) >= 11 is 0. The van der Waals surface area contributed by atoms with Crippen LogP contribution in [0.4, 0.5) is 19.4 Å². The molecule has 9 nitrogen and oxygen atoms in total. The number of rotatable bonds is 4. The number of ether oxygens (including phenoxy) is 1. The Morgan fingerprint density at radius 1 is 1.00 bits per heavy atom. The number of imidazole rings is 1. The first-order valence-electron chi connectivity index (χ1n) is 10.1. The summed E-state index contributed by atoms with van der Waals surface area (Å²) in [6.45, 7) is 1.91. The predicted octanol–water partition coefficient (Wildman–Crippen LogP) is 4.41. The van der Waals surface area contributed by atoms with Crippen molar-refractivity contribution in [2.24, 2.45) is 0 Å². The molecule has 0 radical (unpaired) electrons. The number of aryl methyl sites for hydroxylation is 1. The number of benzene rings is 1. The summed E-state index contributed by atoms with van der Waals surface area (Å²) in [6, 6.07) is 8.89. The van der Waals surface area contributed by atoms with Gasteiger partial charge in [0.2, 0.25) is 0 Å². The molecule has 11 heteroatoms. The third-order valence-corrected chi connectivity index (χ3v) is 5.22. The number of pyridine rings is 2. The van der Waals surface area contributed by atoms with Gasteiger partial charge in [-0.2, -0.15) is 5.10 Å². The fraction of sp³-hybridized carbons (Fsp3) is 0.0870. The van der Waals surface area contributed by atoms with E-state index in [0.29, 0.717) is 22.9 Å². The van der Waals surface area contributed by atoms with Crippen molar-refractivity contribution in [1.29, 1.82) is 0 Å². The Balaban J connectivity index is 1.57. The van der Waals surface area contributed by atoms with Gasteiger partial charge in [0.15, 0.2) is 17.5 Å². The van der Waals surface area contributed by atoms with Crippen molar-refractivity contribution in [1.82, 2.24) is 29.1 Å². The summed E-state index contributed by atoms with van der Waals surface area (Å²) in [7, 11) is 1.27. The highest BCUT2D eigenvalue weighted by Gasteiger charge is 2.16. The molecular formula is C23H17F2N7O2. The molecule has 4 aromatic heterocycles. The molecule has 5 aromatic rings. The summed E-state index contributed by atoms with van der Waals surface area (Å²) in [6.07, 6.45) is 5.91. The first-order valence-corrected chi connectivity index (χ1v) is 10.1. The van der Waals surface area contributed by atoms with Crippen LogP contribution in [0, 0.1) is 18.6 Å². The van der Waals surface area contributed by atoms with Crippen LogP contribution in [-0.2, 0) is 4.74 Å². The second kappa shape index (κ2) is 8.35. The molecule has 0 aliphatic carbocycles. The highest BCUT2D eigenvalue weighted by Crippen LogP contribution is 2.28. The highest BCUT2D eigenvalue weighted by atomic mass is 19.2. The summed E-state index contributed by atoms with van der Waals surface area (Å²) in [5.41, 5.74) is 4.17. The number of carbonyl (C=O) groups is 1. The van der Waals surface area contributed by atoms with Crippen molar-refractivity contribution in [3.63, 3.8) is 0 Å². The van der Waals surface area contributed by atoms with E-state index in [1.165, 1.54) is 24.2 Å². The minimum Gasteiger partial charge on any atom is -0.453 e. The van der Waals surface area contributed by atoms with E-state index in [9.17, 15) is 13.6 Å². The zero-order valence-electron chi connectivity index (χ0n) is 18.0.